The summed E-state index contributed by atoms with van der Waals surface area (Å²) in [4.78, 5) is 19.0. The fourth-order valence-corrected chi connectivity index (χ4v) is 4.89. The van der Waals surface area contributed by atoms with E-state index in [1.807, 2.05) is 41.1 Å². The highest BCUT2D eigenvalue weighted by Gasteiger charge is 2.32. The Morgan fingerprint density at radius 2 is 1.92 bits per heavy atom. The summed E-state index contributed by atoms with van der Waals surface area (Å²) in [6.45, 7) is 7.51. The van der Waals surface area contributed by atoms with Gasteiger partial charge < -0.3 is 14.0 Å². The molecule has 1 aliphatic heterocycles. The first-order valence-corrected chi connectivity index (χ1v) is 12.6. The lowest BCUT2D eigenvalue weighted by molar-refractivity contribution is -0.137. The molecule has 1 amide bonds. The Bertz CT molecular complexity index is 1270. The highest BCUT2D eigenvalue weighted by molar-refractivity contribution is 7.09. The molecule has 1 aliphatic rings. The molecule has 1 atom stereocenters. The van der Waals surface area contributed by atoms with Crippen LogP contribution in [0.25, 0.3) is 0 Å². The number of nitrogens with zero attached hydrogens (tertiary/aromatic N) is 2. The lowest BCUT2D eigenvalue weighted by Crippen LogP contribution is -2.23. The molecule has 1 aromatic heterocycles. The first-order valence-electron chi connectivity index (χ1n) is 11.8. The number of aromatic nitrogens is 1. The SMILES string of the molecule is CC(C)(C)c1cn(C[C@H]2CCCO2)/c(=N/C(=O)c2cc(C(F)(F)F)ccc2OCc2ccccc2)s1. The lowest BCUT2D eigenvalue weighted by atomic mass is 9.95. The molecule has 0 radical (unpaired) electrons. The van der Waals surface area contributed by atoms with Gasteiger partial charge in [-0.25, -0.2) is 0 Å². The molecule has 0 N–H and O–H groups in total. The van der Waals surface area contributed by atoms with E-state index >= 15 is 0 Å². The second-order valence-electron chi connectivity index (χ2n) is 9.82. The third-order valence-electron chi connectivity index (χ3n) is 5.86. The molecule has 1 saturated heterocycles. The zero-order valence-corrected chi connectivity index (χ0v) is 21.3. The van der Waals surface area contributed by atoms with Crippen LogP contribution in [0.3, 0.4) is 0 Å². The Hall–Kier alpha value is -2.91. The molecule has 0 bridgehead atoms. The summed E-state index contributed by atoms with van der Waals surface area (Å²) in [6.07, 6.45) is -0.752. The predicted octanol–water partition coefficient (Wildman–Crippen LogP) is 6.37. The van der Waals surface area contributed by atoms with Crippen LogP contribution in [0, 0.1) is 0 Å². The van der Waals surface area contributed by atoms with Gasteiger partial charge in [-0.1, -0.05) is 51.1 Å². The van der Waals surface area contributed by atoms with Crippen molar-refractivity contribution in [2.45, 2.75) is 64.5 Å². The average Bonchev–Trinajstić information content (AvgIpc) is 3.48. The van der Waals surface area contributed by atoms with E-state index in [0.717, 1.165) is 35.4 Å². The maximum atomic E-state index is 13.5. The van der Waals surface area contributed by atoms with Gasteiger partial charge in [0.05, 0.1) is 23.8 Å². The van der Waals surface area contributed by atoms with Gasteiger partial charge in [-0.05, 0) is 42.0 Å². The number of halogens is 3. The average molecular weight is 519 g/mol. The van der Waals surface area contributed by atoms with E-state index in [1.165, 1.54) is 17.4 Å². The number of hydrogen-bond acceptors (Lipinski definition) is 4. The van der Waals surface area contributed by atoms with E-state index in [-0.39, 0.29) is 29.4 Å². The van der Waals surface area contributed by atoms with E-state index in [1.54, 1.807) is 0 Å². The number of benzene rings is 2. The van der Waals surface area contributed by atoms with Crippen molar-refractivity contribution in [2.24, 2.45) is 4.99 Å². The molecule has 4 rings (SSSR count). The predicted molar refractivity (Wildman–Crippen MR) is 132 cm³/mol. The molecule has 36 heavy (non-hydrogen) atoms. The number of ether oxygens (including phenoxy) is 2. The van der Waals surface area contributed by atoms with E-state index in [0.29, 0.717) is 18.0 Å². The standard InChI is InChI=1S/C27H29F3N2O3S/c1-26(2,3)23-16-32(15-20-10-7-13-34-20)25(36-23)31-24(33)21-14-19(27(28,29)30)11-12-22(21)35-17-18-8-5-4-6-9-18/h4-6,8-9,11-12,14,16,20H,7,10,13,15,17H2,1-3H3/b31-25-/t20-/m1/s1. The maximum Gasteiger partial charge on any atom is 0.416 e. The van der Waals surface area contributed by atoms with Crippen LogP contribution in [-0.4, -0.2) is 23.2 Å². The smallest absolute Gasteiger partial charge is 0.416 e. The molecular weight excluding hydrogens is 489 g/mol. The maximum absolute atomic E-state index is 13.5. The number of thiazole rings is 1. The van der Waals surface area contributed by atoms with Crippen molar-refractivity contribution in [1.82, 2.24) is 4.57 Å². The first-order chi connectivity index (χ1) is 17.0. The first kappa shape index (κ1) is 26.2. The van der Waals surface area contributed by atoms with Gasteiger partial charge in [0.25, 0.3) is 5.91 Å². The van der Waals surface area contributed by atoms with Crippen LogP contribution < -0.4 is 9.54 Å². The van der Waals surface area contributed by atoms with Crippen LogP contribution in [0.5, 0.6) is 5.75 Å². The third-order valence-corrected chi connectivity index (χ3v) is 7.30. The highest BCUT2D eigenvalue weighted by atomic mass is 32.1. The van der Waals surface area contributed by atoms with E-state index in [4.69, 9.17) is 9.47 Å². The summed E-state index contributed by atoms with van der Waals surface area (Å²) in [5.74, 6) is -0.730. The third kappa shape index (κ3) is 6.44. The van der Waals surface area contributed by atoms with Gasteiger partial charge in [0.15, 0.2) is 4.80 Å². The summed E-state index contributed by atoms with van der Waals surface area (Å²) < 4.78 is 53.8. The molecule has 0 aliphatic carbocycles. The van der Waals surface area contributed by atoms with Crippen molar-refractivity contribution in [2.75, 3.05) is 6.61 Å². The van der Waals surface area contributed by atoms with Gasteiger partial charge in [0.2, 0.25) is 0 Å². The van der Waals surface area contributed by atoms with Crippen LogP contribution in [0.4, 0.5) is 13.2 Å². The van der Waals surface area contributed by atoms with Gasteiger partial charge in [0.1, 0.15) is 12.4 Å². The molecule has 1 fully saturated rings. The van der Waals surface area contributed by atoms with Crippen LogP contribution in [-0.2, 0) is 29.5 Å². The Morgan fingerprint density at radius 1 is 1.17 bits per heavy atom. The quantitative estimate of drug-likeness (QED) is 0.381. The Kier molecular flexibility index (Phi) is 7.70. The van der Waals surface area contributed by atoms with Gasteiger partial charge >= 0.3 is 6.18 Å². The Balaban J connectivity index is 1.72. The van der Waals surface area contributed by atoms with Gasteiger partial charge in [-0.2, -0.15) is 18.2 Å². The summed E-state index contributed by atoms with van der Waals surface area (Å²) in [5.41, 5.74) is -0.507. The van der Waals surface area contributed by atoms with Gasteiger partial charge in [-0.15, -0.1) is 11.3 Å². The Labute approximate surface area is 212 Å². The molecule has 5 nitrogen and oxygen atoms in total. The summed E-state index contributed by atoms with van der Waals surface area (Å²) in [5, 5.41) is 0. The molecule has 9 heteroatoms. The number of alkyl halides is 3. The minimum absolute atomic E-state index is 0.0137. The molecule has 2 aromatic carbocycles. The monoisotopic (exact) mass is 518 g/mol. The fourth-order valence-electron chi connectivity index (χ4n) is 3.83. The van der Waals surface area contributed by atoms with Gasteiger partial charge in [0, 0.05) is 17.7 Å². The van der Waals surface area contributed by atoms with Crippen molar-refractivity contribution in [1.29, 1.82) is 0 Å². The second kappa shape index (κ2) is 10.6. The van der Waals surface area contributed by atoms with Crippen molar-refractivity contribution in [3.05, 3.63) is 81.1 Å². The number of rotatable bonds is 6. The van der Waals surface area contributed by atoms with E-state index in [9.17, 15) is 18.0 Å². The summed E-state index contributed by atoms with van der Waals surface area (Å²) in [7, 11) is 0. The minimum atomic E-state index is -4.60. The molecule has 0 saturated carbocycles. The summed E-state index contributed by atoms with van der Waals surface area (Å²) >= 11 is 1.36. The zero-order valence-electron chi connectivity index (χ0n) is 20.5. The number of amides is 1. The molecule has 2 heterocycles. The van der Waals surface area contributed by atoms with Crippen LogP contribution >= 0.6 is 11.3 Å². The number of carbonyl (C=O) groups is 1. The normalized spacial score (nSPS) is 16.9. The van der Waals surface area contributed by atoms with Crippen molar-refractivity contribution >= 4 is 17.2 Å². The minimum Gasteiger partial charge on any atom is -0.488 e. The largest absolute Gasteiger partial charge is 0.488 e. The zero-order chi connectivity index (χ0) is 25.9. The molecule has 192 valence electrons. The topological polar surface area (TPSA) is 52.8 Å². The van der Waals surface area contributed by atoms with Crippen molar-refractivity contribution in [3.63, 3.8) is 0 Å². The van der Waals surface area contributed by atoms with Crippen LogP contribution in [0.15, 0.2) is 59.7 Å². The van der Waals surface area contributed by atoms with Crippen LogP contribution in [0.1, 0.15) is 60.0 Å². The number of hydrogen-bond donors (Lipinski definition) is 0. The number of carbonyl (C=O) groups excluding carboxylic acids is 1. The van der Waals surface area contributed by atoms with Crippen molar-refractivity contribution < 1.29 is 27.4 Å². The summed E-state index contributed by atoms with van der Waals surface area (Å²) in [6, 6.07) is 12.1. The van der Waals surface area contributed by atoms with Gasteiger partial charge in [-0.3, -0.25) is 4.79 Å². The molecule has 0 spiro atoms. The highest BCUT2D eigenvalue weighted by Crippen LogP contribution is 2.33. The Morgan fingerprint density at radius 3 is 2.56 bits per heavy atom. The second-order valence-corrected chi connectivity index (χ2v) is 10.8. The van der Waals surface area contributed by atoms with E-state index in [2.05, 4.69) is 25.8 Å². The fraction of sp³-hybridized carbons (Fsp3) is 0.407. The lowest BCUT2D eigenvalue weighted by Gasteiger charge is -2.15. The molecule has 0 unspecified atom stereocenters. The molecular formula is C27H29F3N2O3S. The van der Waals surface area contributed by atoms with Crippen LogP contribution in [0.2, 0.25) is 0 Å². The molecule has 3 aromatic rings. The van der Waals surface area contributed by atoms with Crippen molar-refractivity contribution in [3.8, 4) is 5.75 Å². The van der Waals surface area contributed by atoms with E-state index < -0.39 is 17.6 Å².